The molecule has 2 N–H and O–H groups in total. The third-order valence-electron chi connectivity index (χ3n) is 0. The molecule has 1 radical (unpaired) electrons. The van der Waals surface area contributed by atoms with Gasteiger partial charge in [0.1, 0.15) is 0 Å². The van der Waals surface area contributed by atoms with E-state index in [9.17, 15) is 0 Å². The van der Waals surface area contributed by atoms with Crippen LogP contribution in [0.4, 0.5) is 4.79 Å². The van der Waals surface area contributed by atoms with Gasteiger partial charge in [0.2, 0.25) is 0 Å². The molecule has 33 valence electrons. The van der Waals surface area contributed by atoms with Gasteiger partial charge in [-0.25, -0.2) is 4.79 Å². The van der Waals surface area contributed by atoms with Gasteiger partial charge in [0.15, 0.2) is 0 Å². The molecule has 0 saturated heterocycles. The zero-order valence-corrected chi connectivity index (χ0v) is 15.9. The van der Waals surface area contributed by atoms with Gasteiger partial charge >= 0.3 is 94.8 Å². The van der Waals surface area contributed by atoms with Crippen LogP contribution in [0.1, 0.15) is 4.28 Å². The van der Waals surface area contributed by atoms with Crippen molar-refractivity contribution in [3.05, 3.63) is 0 Å². The maximum Gasteiger partial charge on any atom is 1.00 e. The molecule has 0 heterocycles. The first-order valence-corrected chi connectivity index (χ1v) is 0.651. The first-order chi connectivity index (χ1) is 1.73. The Labute approximate surface area is 138 Å². The van der Waals surface area contributed by atoms with Gasteiger partial charge in [-0.2, -0.15) is 0 Å². The van der Waals surface area contributed by atoms with Gasteiger partial charge < -0.3 is 14.5 Å². The van der Waals surface area contributed by atoms with Crippen LogP contribution in [0.3, 0.4) is 0 Å². The van der Waals surface area contributed by atoms with E-state index in [4.69, 9.17) is 15.0 Å². The number of carboxylic acid groups (broad SMARTS) is 2. The van der Waals surface area contributed by atoms with E-state index in [-0.39, 0.29) is 120 Å². The van der Waals surface area contributed by atoms with Crippen LogP contribution in [-0.4, -0.2) is 43.7 Å². The van der Waals surface area contributed by atoms with E-state index >= 15 is 0 Å². The van der Waals surface area contributed by atoms with Crippen LogP contribution < -0.4 is 88.7 Å². The zero-order chi connectivity index (χ0) is 3.58. The molecule has 0 aromatic carbocycles. The molecule has 0 rings (SSSR count). The molecular weight excluding hydrogens is 333 g/mol. The van der Waals surface area contributed by atoms with Gasteiger partial charge in [0, 0.05) is 27.3 Å². The third kappa shape index (κ3) is 60.5. The molecule has 0 aliphatic carbocycles. The fourth-order valence-corrected chi connectivity index (χ4v) is 0. The van der Waals surface area contributed by atoms with Crippen molar-refractivity contribution >= 4 is 33.5 Å². The molecule has 0 spiro atoms. The minimum atomic E-state index is -1.83. The van der Waals surface area contributed by atoms with Gasteiger partial charge in [-0.05, 0) is 0 Å². The number of hydrogen-bond acceptors (Lipinski definition) is 1. The van der Waals surface area contributed by atoms with Crippen LogP contribution in [-0.2, 0) is 0 Å². The van der Waals surface area contributed by atoms with Crippen molar-refractivity contribution in [1.29, 1.82) is 0 Å². The molecule has 7 heteroatoms. The Kier molecular flexibility index (Phi) is 85.1. The second kappa shape index (κ2) is 22.5. The quantitative estimate of drug-likeness (QED) is 0.432. The van der Waals surface area contributed by atoms with Crippen molar-refractivity contribution in [2.24, 2.45) is 0 Å². The second-order valence-corrected chi connectivity index (χ2v) is 0.283. The first kappa shape index (κ1) is 30.3. The van der Waals surface area contributed by atoms with Crippen LogP contribution in [0.2, 0.25) is 0 Å². The van der Waals surface area contributed by atoms with Gasteiger partial charge in [0.25, 0.3) is 0 Å². The first-order valence-electron chi connectivity index (χ1n) is 0.651. The minimum absolute atomic E-state index is 0. The van der Waals surface area contributed by atoms with Crippen molar-refractivity contribution in [1.82, 2.24) is 0 Å². The summed E-state index contributed by atoms with van der Waals surface area (Å²) in [5, 5.41) is 13.9. The summed E-state index contributed by atoms with van der Waals surface area (Å²) in [7, 11) is 0. The van der Waals surface area contributed by atoms with Gasteiger partial charge in [0.05, 0.1) is 0 Å². The van der Waals surface area contributed by atoms with Gasteiger partial charge in [-0.3, -0.25) is 0 Å². The summed E-state index contributed by atoms with van der Waals surface area (Å²) < 4.78 is 0. The second-order valence-electron chi connectivity index (χ2n) is 0.283. The molecule has 0 amide bonds. The fraction of sp³-hybridized carbons (Fsp3) is 0. The molecule has 0 aromatic heterocycles. The van der Waals surface area contributed by atoms with Crippen LogP contribution in [0.15, 0.2) is 0 Å². The molecule has 0 saturated carbocycles. The number of carbonyl (C=O) groups is 1. The smallest absolute Gasteiger partial charge is 1.00 e. The summed E-state index contributed by atoms with van der Waals surface area (Å²) in [4.78, 5) is 8.56. The largest absolute Gasteiger partial charge is 1.00 e. The topological polar surface area (TPSA) is 57.5 Å². The molecule has 8 heavy (non-hydrogen) atoms. The van der Waals surface area contributed by atoms with Crippen LogP contribution in [0, 0.1) is 0 Å². The summed E-state index contributed by atoms with van der Waals surface area (Å²) in [5.41, 5.74) is 0. The van der Waals surface area contributed by atoms with Crippen LogP contribution in [0.25, 0.3) is 0 Å². The summed E-state index contributed by atoms with van der Waals surface area (Å²) in [6.45, 7) is 0. The summed E-state index contributed by atoms with van der Waals surface area (Å²) in [6, 6.07) is 0. The van der Waals surface area contributed by atoms with E-state index in [1.165, 1.54) is 0 Å². The Balaban J connectivity index is -0.00000000214. The summed E-state index contributed by atoms with van der Waals surface area (Å²) >= 11 is 0. The third-order valence-corrected chi connectivity index (χ3v) is 0. The molecule has 3 nitrogen and oxygen atoms in total. The average molecular weight is 338 g/mol. The Bertz CT molecular complexity index is 46.8. The molecule has 0 aromatic rings. The van der Waals surface area contributed by atoms with E-state index in [1.54, 1.807) is 0 Å². The van der Waals surface area contributed by atoms with E-state index in [0.717, 1.165) is 0 Å². The predicted octanol–water partition coefficient (Wildman–Crippen LogP) is -8.81. The van der Waals surface area contributed by atoms with Crippen molar-refractivity contribution in [3.63, 3.8) is 0 Å². The molecule has 0 aliphatic heterocycles. The number of hydrogen-bond donors (Lipinski definition) is 2. The average Bonchev–Trinajstić information content (AvgIpc) is 0.811. The summed E-state index contributed by atoms with van der Waals surface area (Å²) in [5.74, 6) is 0. The van der Waals surface area contributed by atoms with Crippen molar-refractivity contribution < 1.29 is 108 Å². The maximum absolute atomic E-state index is 8.56. The zero-order valence-electron chi connectivity index (χ0n) is 8.38. The summed E-state index contributed by atoms with van der Waals surface area (Å²) in [6.07, 6.45) is -1.83. The van der Waals surface area contributed by atoms with Crippen molar-refractivity contribution in [2.45, 2.75) is 0 Å². The van der Waals surface area contributed by atoms with Crippen molar-refractivity contribution in [3.8, 4) is 0 Å². The van der Waals surface area contributed by atoms with E-state index in [1.807, 2.05) is 0 Å². The van der Waals surface area contributed by atoms with Gasteiger partial charge in [-0.15, -0.1) is 0 Å². The molecule has 0 atom stereocenters. The Hall–Kier alpha value is 3.19. The van der Waals surface area contributed by atoms with E-state index in [0.29, 0.717) is 0 Å². The van der Waals surface area contributed by atoms with E-state index in [2.05, 4.69) is 0 Å². The fourth-order valence-electron chi connectivity index (χ4n) is 0. The Morgan fingerprint density at radius 2 is 1.12 bits per heavy atom. The Morgan fingerprint density at radius 3 is 1.12 bits per heavy atom. The number of rotatable bonds is 0. The minimum Gasteiger partial charge on any atom is -1.00 e. The van der Waals surface area contributed by atoms with E-state index < -0.39 is 6.16 Å². The normalized spacial score (nSPS) is 3.00. The molecule has 0 aliphatic rings. The monoisotopic (exact) mass is 339 g/mol. The molecule has 0 unspecified atom stereocenters. The molecule has 0 bridgehead atoms. The maximum atomic E-state index is 8.56. The molecular formula is CH5Na3O3Tl. The molecule has 0 fully saturated rings. The predicted molar refractivity (Wildman–Crippen MR) is 19.7 cm³/mol. The Morgan fingerprint density at radius 1 is 1.12 bits per heavy atom. The van der Waals surface area contributed by atoms with Crippen molar-refractivity contribution in [2.75, 3.05) is 0 Å². The van der Waals surface area contributed by atoms with Crippen LogP contribution >= 0.6 is 0 Å². The SMILES string of the molecule is O=C(O)O.[H-].[H-].[H-].[Na+].[Na+].[Na+].[Tl]. The standard InChI is InChI=1S/CH2O3.3Na.Tl.3H/c2-1(3)4;;;;;;;/h(H2,2,3,4);;;;;;;/q;3*+1;;3*-1. The van der Waals surface area contributed by atoms with Crippen LogP contribution in [0.5, 0.6) is 0 Å². The van der Waals surface area contributed by atoms with Gasteiger partial charge in [-0.1, -0.05) is 0 Å².